The van der Waals surface area contributed by atoms with Gasteiger partial charge in [-0.25, -0.2) is 13.4 Å². The number of imidazole rings is 1. The van der Waals surface area contributed by atoms with E-state index in [1.165, 1.54) is 23.5 Å². The number of carbonyl (C=O) groups is 1. The summed E-state index contributed by atoms with van der Waals surface area (Å²) in [6.45, 7) is 1.80. The molecule has 1 aliphatic heterocycles. The number of hydrogen-bond donors (Lipinski definition) is 1. The molecule has 0 bridgehead atoms. The summed E-state index contributed by atoms with van der Waals surface area (Å²) >= 11 is 6.00. The molecule has 1 saturated heterocycles. The Bertz CT molecular complexity index is 934. The fourth-order valence-electron chi connectivity index (χ4n) is 3.40. The number of aromatic nitrogens is 2. The molecule has 10 heteroatoms. The first-order valence-corrected chi connectivity index (χ1v) is 11.3. The van der Waals surface area contributed by atoms with Gasteiger partial charge in [-0.1, -0.05) is 11.6 Å². The minimum atomic E-state index is -3.81. The van der Waals surface area contributed by atoms with E-state index in [9.17, 15) is 13.2 Å². The number of hydrogen-bond acceptors (Lipinski definition) is 5. The van der Waals surface area contributed by atoms with Crippen molar-refractivity contribution < 1.29 is 17.9 Å². The van der Waals surface area contributed by atoms with E-state index in [1.807, 2.05) is 10.8 Å². The lowest BCUT2D eigenvalue weighted by Crippen LogP contribution is -2.45. The fourth-order valence-corrected chi connectivity index (χ4v) is 5.34. The van der Waals surface area contributed by atoms with Crippen molar-refractivity contribution in [2.24, 2.45) is 5.92 Å². The zero-order valence-corrected chi connectivity index (χ0v) is 17.8. The summed E-state index contributed by atoms with van der Waals surface area (Å²) in [7, 11) is -2.40. The second-order valence-corrected chi connectivity index (χ2v) is 9.29. The van der Waals surface area contributed by atoms with Crippen LogP contribution < -0.4 is 10.1 Å². The van der Waals surface area contributed by atoms with Crippen LogP contribution in [0.15, 0.2) is 41.8 Å². The third kappa shape index (κ3) is 5.29. The maximum Gasteiger partial charge on any atom is 0.246 e. The van der Waals surface area contributed by atoms with Crippen LogP contribution >= 0.6 is 11.6 Å². The molecule has 1 fully saturated rings. The van der Waals surface area contributed by atoms with Crippen molar-refractivity contribution in [3.05, 3.63) is 41.9 Å². The van der Waals surface area contributed by atoms with Crippen LogP contribution in [0.2, 0.25) is 5.02 Å². The first-order chi connectivity index (χ1) is 13.9. The van der Waals surface area contributed by atoms with Gasteiger partial charge in [-0.3, -0.25) is 4.79 Å². The number of carbonyl (C=O) groups excluding carboxylic acids is 1. The number of rotatable bonds is 8. The Morgan fingerprint density at radius 2 is 2.24 bits per heavy atom. The fraction of sp³-hybridized carbons (Fsp3) is 0.474. The van der Waals surface area contributed by atoms with E-state index in [1.54, 1.807) is 18.6 Å². The normalized spacial score (nSPS) is 17.8. The van der Waals surface area contributed by atoms with Crippen molar-refractivity contribution in [3.63, 3.8) is 0 Å². The van der Waals surface area contributed by atoms with Crippen LogP contribution in [0.3, 0.4) is 0 Å². The molecule has 1 atom stereocenters. The van der Waals surface area contributed by atoms with Crippen molar-refractivity contribution in [2.75, 3.05) is 26.7 Å². The summed E-state index contributed by atoms with van der Waals surface area (Å²) in [4.78, 5) is 16.5. The molecule has 0 saturated carbocycles. The van der Waals surface area contributed by atoms with Crippen LogP contribution in [0.4, 0.5) is 0 Å². The van der Waals surface area contributed by atoms with Crippen molar-refractivity contribution in [3.8, 4) is 5.75 Å². The van der Waals surface area contributed by atoms with Crippen molar-refractivity contribution in [1.29, 1.82) is 0 Å². The number of aryl methyl sites for hydroxylation is 1. The molecule has 0 radical (unpaired) electrons. The Hall–Kier alpha value is -2.10. The molecule has 1 amide bonds. The number of halogens is 1. The van der Waals surface area contributed by atoms with Gasteiger partial charge in [0.25, 0.3) is 0 Å². The standard InChI is InChI=1S/C19H25ClN4O4S/c1-28-17-6-5-16(20)12-18(17)29(26,27)24-10-2-4-15(13-24)19(25)22-7-3-9-23-11-8-21-14-23/h5-6,8,11-12,14-15H,2-4,7,9-10,13H2,1H3,(H,22,25)/t15-/m1/s1. The van der Waals surface area contributed by atoms with Gasteiger partial charge >= 0.3 is 0 Å². The summed E-state index contributed by atoms with van der Waals surface area (Å²) in [6.07, 6.45) is 7.37. The van der Waals surface area contributed by atoms with E-state index in [-0.39, 0.29) is 29.0 Å². The first-order valence-electron chi connectivity index (χ1n) is 9.49. The average Bonchev–Trinajstić information content (AvgIpc) is 3.24. The lowest BCUT2D eigenvalue weighted by molar-refractivity contribution is -0.126. The highest BCUT2D eigenvalue weighted by molar-refractivity contribution is 7.89. The number of benzene rings is 1. The average molecular weight is 441 g/mol. The topological polar surface area (TPSA) is 93.5 Å². The van der Waals surface area contributed by atoms with Crippen molar-refractivity contribution >= 4 is 27.5 Å². The van der Waals surface area contributed by atoms with Gasteiger partial charge in [-0.15, -0.1) is 0 Å². The Labute approximate surface area is 175 Å². The molecule has 0 unspecified atom stereocenters. The summed E-state index contributed by atoms with van der Waals surface area (Å²) in [5.74, 6) is -0.258. The molecular weight excluding hydrogens is 416 g/mol. The summed E-state index contributed by atoms with van der Waals surface area (Å²) in [5, 5.41) is 3.23. The molecular formula is C19H25ClN4O4S. The summed E-state index contributed by atoms with van der Waals surface area (Å²) in [6, 6.07) is 4.49. The number of piperidine rings is 1. The molecule has 1 N–H and O–H groups in total. The summed E-state index contributed by atoms with van der Waals surface area (Å²) in [5.41, 5.74) is 0. The second kappa shape index (κ2) is 9.60. The zero-order valence-electron chi connectivity index (χ0n) is 16.3. The minimum Gasteiger partial charge on any atom is -0.495 e. The molecule has 2 aromatic rings. The van der Waals surface area contributed by atoms with E-state index >= 15 is 0 Å². The number of nitrogens with zero attached hydrogens (tertiary/aromatic N) is 3. The molecule has 0 spiro atoms. The second-order valence-electron chi connectivity index (χ2n) is 6.94. The van der Waals surface area contributed by atoms with E-state index in [4.69, 9.17) is 16.3 Å². The maximum absolute atomic E-state index is 13.1. The van der Waals surface area contributed by atoms with Gasteiger partial charge in [-0.2, -0.15) is 4.31 Å². The molecule has 158 valence electrons. The van der Waals surface area contributed by atoms with Gasteiger partial charge < -0.3 is 14.6 Å². The summed E-state index contributed by atoms with van der Waals surface area (Å²) < 4.78 is 34.7. The number of sulfonamides is 1. The first kappa shape index (κ1) is 21.6. The molecule has 2 heterocycles. The van der Waals surface area contributed by atoms with E-state index in [2.05, 4.69) is 10.3 Å². The lowest BCUT2D eigenvalue weighted by Gasteiger charge is -2.31. The predicted octanol–water partition coefficient (Wildman–Crippen LogP) is 2.15. The van der Waals surface area contributed by atoms with Gasteiger partial charge in [0, 0.05) is 43.6 Å². The third-order valence-electron chi connectivity index (χ3n) is 4.95. The monoisotopic (exact) mass is 440 g/mol. The third-order valence-corrected chi connectivity index (χ3v) is 7.07. The predicted molar refractivity (Wildman–Crippen MR) is 109 cm³/mol. The number of ether oxygens (including phenoxy) is 1. The number of amides is 1. The van der Waals surface area contributed by atoms with Crippen molar-refractivity contribution in [1.82, 2.24) is 19.2 Å². The molecule has 29 heavy (non-hydrogen) atoms. The van der Waals surface area contributed by atoms with Gasteiger partial charge in [0.1, 0.15) is 10.6 Å². The molecule has 0 aliphatic carbocycles. The highest BCUT2D eigenvalue weighted by atomic mass is 35.5. The largest absolute Gasteiger partial charge is 0.495 e. The Kier molecular flexibility index (Phi) is 7.15. The Morgan fingerprint density at radius 1 is 1.41 bits per heavy atom. The zero-order chi connectivity index (χ0) is 20.9. The van der Waals surface area contributed by atoms with Gasteiger partial charge in [0.15, 0.2) is 0 Å². The molecule has 1 aromatic heterocycles. The van der Waals surface area contributed by atoms with Crippen molar-refractivity contribution in [2.45, 2.75) is 30.7 Å². The van der Waals surface area contributed by atoms with Gasteiger partial charge in [0.2, 0.25) is 15.9 Å². The SMILES string of the molecule is COc1ccc(Cl)cc1S(=O)(=O)N1CCC[C@@H](C(=O)NCCCn2ccnc2)C1. The van der Waals surface area contributed by atoms with Gasteiger partial charge in [0.05, 0.1) is 19.4 Å². The quantitative estimate of drug-likeness (QED) is 0.635. The van der Waals surface area contributed by atoms with Gasteiger partial charge in [-0.05, 0) is 37.5 Å². The maximum atomic E-state index is 13.1. The molecule has 8 nitrogen and oxygen atoms in total. The van der Waals surface area contributed by atoms with Crippen LogP contribution in [0.5, 0.6) is 5.75 Å². The molecule has 1 aromatic carbocycles. The highest BCUT2D eigenvalue weighted by Crippen LogP contribution is 2.31. The van der Waals surface area contributed by atoms with E-state index in [0.29, 0.717) is 31.0 Å². The van der Waals surface area contributed by atoms with Crippen LogP contribution in [-0.4, -0.2) is 54.9 Å². The highest BCUT2D eigenvalue weighted by Gasteiger charge is 2.34. The Morgan fingerprint density at radius 3 is 2.97 bits per heavy atom. The lowest BCUT2D eigenvalue weighted by atomic mass is 9.99. The minimum absolute atomic E-state index is 0.0221. The van der Waals surface area contributed by atoms with E-state index < -0.39 is 10.0 Å². The molecule has 3 rings (SSSR count). The molecule has 1 aliphatic rings. The van der Waals surface area contributed by atoms with E-state index in [0.717, 1.165) is 13.0 Å². The van der Waals surface area contributed by atoms with Crippen LogP contribution in [0.25, 0.3) is 0 Å². The van der Waals surface area contributed by atoms with Crippen LogP contribution in [0, 0.1) is 5.92 Å². The number of methoxy groups -OCH3 is 1. The number of nitrogens with one attached hydrogen (secondary N) is 1. The smallest absolute Gasteiger partial charge is 0.246 e. The van der Waals surface area contributed by atoms with Crippen LogP contribution in [0.1, 0.15) is 19.3 Å². The van der Waals surface area contributed by atoms with Crippen LogP contribution in [-0.2, 0) is 21.4 Å². The Balaban J connectivity index is 1.60.